The van der Waals surface area contributed by atoms with Crippen LogP contribution in [-0.4, -0.2) is 23.7 Å². The Balaban J connectivity index is 1.45. The van der Waals surface area contributed by atoms with Crippen molar-refractivity contribution in [2.24, 2.45) is 5.92 Å². The second-order valence-electron chi connectivity index (χ2n) is 7.53. The summed E-state index contributed by atoms with van der Waals surface area (Å²) in [7, 11) is 0. The summed E-state index contributed by atoms with van der Waals surface area (Å²) in [6.07, 6.45) is 0.636. The maximum Gasteiger partial charge on any atom is 0.320 e. The van der Waals surface area contributed by atoms with Crippen molar-refractivity contribution in [2.75, 3.05) is 12.3 Å². The van der Waals surface area contributed by atoms with Gasteiger partial charge in [-0.3, -0.25) is 9.59 Å². The van der Waals surface area contributed by atoms with Gasteiger partial charge in [-0.2, -0.15) is 0 Å². The van der Waals surface area contributed by atoms with Gasteiger partial charge < -0.3 is 15.6 Å². The number of esters is 1. The van der Waals surface area contributed by atoms with Crippen LogP contribution in [0.25, 0.3) is 11.1 Å². The van der Waals surface area contributed by atoms with Crippen molar-refractivity contribution in [2.45, 2.75) is 18.8 Å². The number of hydrogen-bond acceptors (Lipinski definition) is 4. The van der Waals surface area contributed by atoms with Gasteiger partial charge >= 0.3 is 11.9 Å². The highest BCUT2D eigenvalue weighted by molar-refractivity contribution is 5.94. The first-order chi connectivity index (χ1) is 14.5. The van der Waals surface area contributed by atoms with Gasteiger partial charge in [0.05, 0.1) is 0 Å². The molecule has 0 heterocycles. The Kier molecular flexibility index (Phi) is 5.53. The summed E-state index contributed by atoms with van der Waals surface area (Å²) < 4.78 is 5.53. The van der Waals surface area contributed by atoms with E-state index in [2.05, 4.69) is 12.1 Å². The molecule has 0 radical (unpaired) electrons. The van der Waals surface area contributed by atoms with Crippen molar-refractivity contribution in [3.05, 3.63) is 89.5 Å². The van der Waals surface area contributed by atoms with E-state index in [0.29, 0.717) is 12.1 Å². The zero-order chi connectivity index (χ0) is 21.1. The first-order valence-electron chi connectivity index (χ1n) is 9.96. The smallest absolute Gasteiger partial charge is 0.320 e. The van der Waals surface area contributed by atoms with Crippen molar-refractivity contribution in [3.63, 3.8) is 0 Å². The second-order valence-corrected chi connectivity index (χ2v) is 7.53. The van der Waals surface area contributed by atoms with Crippen LogP contribution < -0.4 is 5.73 Å². The number of aryl methyl sites for hydroxylation is 1. The number of carbonyl (C=O) groups excluding carboxylic acids is 1. The molecule has 0 fully saturated rings. The maximum absolute atomic E-state index is 12.6. The molecule has 0 saturated carbocycles. The molecular weight excluding hydrogens is 378 g/mol. The molecule has 3 aromatic carbocycles. The lowest BCUT2D eigenvalue weighted by Crippen LogP contribution is -2.27. The lowest BCUT2D eigenvalue weighted by atomic mass is 9.97. The number of nitrogens with two attached hydrogens (primary N) is 1. The Labute approximate surface area is 175 Å². The van der Waals surface area contributed by atoms with Crippen molar-refractivity contribution in [1.82, 2.24) is 0 Å². The molecule has 1 unspecified atom stereocenters. The fraction of sp³-hybridized carbons (Fsp3) is 0.200. The summed E-state index contributed by atoms with van der Waals surface area (Å²) in [6, 6.07) is 23.3. The predicted molar refractivity (Wildman–Crippen MR) is 115 cm³/mol. The highest BCUT2D eigenvalue weighted by Crippen LogP contribution is 2.44. The van der Waals surface area contributed by atoms with Crippen LogP contribution in [0.2, 0.25) is 0 Å². The fourth-order valence-electron chi connectivity index (χ4n) is 4.04. The minimum Gasteiger partial charge on any atom is -0.481 e. The zero-order valence-corrected chi connectivity index (χ0v) is 16.5. The molecule has 152 valence electrons. The summed E-state index contributed by atoms with van der Waals surface area (Å²) >= 11 is 0. The number of aliphatic carboxylic acids is 1. The van der Waals surface area contributed by atoms with E-state index in [-0.39, 0.29) is 18.9 Å². The molecule has 0 saturated heterocycles. The van der Waals surface area contributed by atoms with Crippen molar-refractivity contribution in [3.8, 4) is 11.1 Å². The average Bonchev–Trinajstić information content (AvgIpc) is 3.07. The molecule has 0 spiro atoms. The van der Waals surface area contributed by atoms with Crippen LogP contribution >= 0.6 is 0 Å². The van der Waals surface area contributed by atoms with Gasteiger partial charge in [-0.05, 0) is 52.8 Å². The minimum absolute atomic E-state index is 0.0899. The highest BCUT2D eigenvalue weighted by atomic mass is 16.5. The van der Waals surface area contributed by atoms with Crippen LogP contribution in [-0.2, 0) is 20.7 Å². The first-order valence-corrected chi connectivity index (χ1v) is 9.96. The van der Waals surface area contributed by atoms with E-state index in [4.69, 9.17) is 10.5 Å². The van der Waals surface area contributed by atoms with Gasteiger partial charge in [0.2, 0.25) is 0 Å². The summed E-state index contributed by atoms with van der Waals surface area (Å²) in [4.78, 5) is 24.3. The van der Waals surface area contributed by atoms with E-state index in [1.54, 1.807) is 12.1 Å². The van der Waals surface area contributed by atoms with Crippen molar-refractivity contribution < 1.29 is 19.4 Å². The van der Waals surface area contributed by atoms with Gasteiger partial charge in [0.25, 0.3) is 0 Å². The number of anilines is 1. The third-order valence-corrected chi connectivity index (χ3v) is 5.64. The summed E-state index contributed by atoms with van der Waals surface area (Å²) in [5.41, 5.74) is 11.7. The summed E-state index contributed by atoms with van der Waals surface area (Å²) in [5, 5.41) is 9.55. The number of ether oxygens (including phenoxy) is 1. The van der Waals surface area contributed by atoms with Crippen LogP contribution in [0, 0.1) is 5.92 Å². The number of rotatable bonds is 7. The molecule has 30 heavy (non-hydrogen) atoms. The number of carbonyl (C=O) groups is 2. The lowest BCUT2D eigenvalue weighted by Gasteiger charge is -2.17. The third kappa shape index (κ3) is 3.92. The number of hydrogen-bond donors (Lipinski definition) is 2. The molecule has 5 nitrogen and oxygen atoms in total. The minimum atomic E-state index is -1.20. The average molecular weight is 401 g/mol. The van der Waals surface area contributed by atoms with Crippen LogP contribution in [0.15, 0.2) is 72.8 Å². The molecule has 0 aliphatic heterocycles. The Bertz CT molecular complexity index is 1030. The number of carboxylic acids is 1. The van der Waals surface area contributed by atoms with E-state index in [1.807, 2.05) is 48.5 Å². The van der Waals surface area contributed by atoms with Crippen LogP contribution in [0.5, 0.6) is 0 Å². The molecule has 3 N–H and O–H groups in total. The van der Waals surface area contributed by atoms with Gasteiger partial charge in [-0.15, -0.1) is 0 Å². The molecule has 1 aliphatic carbocycles. The number of carboxylic acid groups (broad SMARTS) is 1. The van der Waals surface area contributed by atoms with E-state index in [0.717, 1.165) is 27.8 Å². The van der Waals surface area contributed by atoms with Gasteiger partial charge in [0.1, 0.15) is 6.61 Å². The number of nitrogen functional groups attached to an aromatic ring is 1. The molecule has 0 amide bonds. The largest absolute Gasteiger partial charge is 0.481 e. The fourth-order valence-corrected chi connectivity index (χ4v) is 4.04. The zero-order valence-electron chi connectivity index (χ0n) is 16.5. The Morgan fingerprint density at radius 3 is 2.03 bits per heavy atom. The Morgan fingerprint density at radius 2 is 1.47 bits per heavy atom. The molecule has 1 aliphatic rings. The Hall–Kier alpha value is -3.60. The summed E-state index contributed by atoms with van der Waals surface area (Å²) in [5.74, 6) is -3.15. The SMILES string of the molecule is Nc1ccc(CCC(C(=O)O)C(=O)OCC2c3ccccc3-c3ccccc32)cc1. The quantitative estimate of drug-likeness (QED) is 0.351. The normalized spacial score (nSPS) is 13.3. The van der Waals surface area contributed by atoms with Crippen molar-refractivity contribution in [1.29, 1.82) is 0 Å². The first kappa shape index (κ1) is 19.7. The maximum atomic E-state index is 12.6. The monoisotopic (exact) mass is 401 g/mol. The Morgan fingerprint density at radius 1 is 0.900 bits per heavy atom. The van der Waals surface area contributed by atoms with E-state index < -0.39 is 17.9 Å². The van der Waals surface area contributed by atoms with Gasteiger partial charge in [0, 0.05) is 11.6 Å². The van der Waals surface area contributed by atoms with E-state index in [1.165, 1.54) is 0 Å². The molecular formula is C25H23NO4. The molecule has 4 rings (SSSR count). The number of benzene rings is 3. The van der Waals surface area contributed by atoms with Gasteiger partial charge in [-0.1, -0.05) is 60.7 Å². The molecule has 5 heteroatoms. The second kappa shape index (κ2) is 8.41. The number of fused-ring (bicyclic) bond motifs is 3. The highest BCUT2D eigenvalue weighted by Gasteiger charge is 2.32. The molecule has 0 bridgehead atoms. The van der Waals surface area contributed by atoms with E-state index in [9.17, 15) is 14.7 Å². The predicted octanol–water partition coefficient (Wildman–Crippen LogP) is 4.26. The van der Waals surface area contributed by atoms with Gasteiger partial charge in [-0.25, -0.2) is 0 Å². The third-order valence-electron chi connectivity index (χ3n) is 5.64. The molecule has 1 atom stereocenters. The van der Waals surface area contributed by atoms with Crippen molar-refractivity contribution >= 4 is 17.6 Å². The van der Waals surface area contributed by atoms with E-state index >= 15 is 0 Å². The van der Waals surface area contributed by atoms with Gasteiger partial charge in [0.15, 0.2) is 5.92 Å². The topological polar surface area (TPSA) is 89.6 Å². The lowest BCUT2D eigenvalue weighted by molar-refractivity contribution is -0.159. The molecule has 3 aromatic rings. The van der Waals surface area contributed by atoms with Crippen LogP contribution in [0.4, 0.5) is 5.69 Å². The van der Waals surface area contributed by atoms with Crippen LogP contribution in [0.3, 0.4) is 0 Å². The summed E-state index contributed by atoms with van der Waals surface area (Å²) in [6.45, 7) is 0.124. The van der Waals surface area contributed by atoms with Crippen LogP contribution in [0.1, 0.15) is 29.0 Å². The molecule has 0 aromatic heterocycles. The standard InChI is InChI=1S/C25H23NO4/c26-17-12-9-16(10-13-17)11-14-22(24(27)28)25(29)30-15-23-20-7-3-1-5-18(20)19-6-2-4-8-21(19)23/h1-10,12-13,22-23H,11,14-15,26H2,(H,27,28).